The molecule has 0 spiro atoms. The Bertz CT molecular complexity index is 341. The second-order valence-electron chi connectivity index (χ2n) is 3.81. The minimum absolute atomic E-state index is 0.195. The normalized spacial score (nSPS) is 12.5. The first-order chi connectivity index (χ1) is 7.56. The molecule has 16 heavy (non-hydrogen) atoms. The van der Waals surface area contributed by atoms with Crippen molar-refractivity contribution in [2.45, 2.75) is 39.7 Å². The van der Waals surface area contributed by atoms with Gasteiger partial charge in [0.1, 0.15) is 11.3 Å². The van der Waals surface area contributed by atoms with Crippen LogP contribution in [0.1, 0.15) is 41.6 Å². The van der Waals surface area contributed by atoms with E-state index in [0.717, 1.165) is 0 Å². The topological polar surface area (TPSA) is 75.4 Å². The number of amides is 1. The zero-order chi connectivity index (χ0) is 12.1. The number of carbonyl (C=O) groups is 1. The molecule has 1 atom stereocenters. The van der Waals surface area contributed by atoms with E-state index in [1.807, 2.05) is 6.92 Å². The third-order valence-electron chi connectivity index (χ3n) is 2.49. The number of nitrogens with one attached hydrogen (secondary N) is 1. The number of rotatable bonds is 5. The summed E-state index contributed by atoms with van der Waals surface area (Å²) >= 11 is 0. The summed E-state index contributed by atoms with van der Waals surface area (Å²) in [4.78, 5) is 11.7. The van der Waals surface area contributed by atoms with E-state index in [2.05, 4.69) is 10.5 Å². The summed E-state index contributed by atoms with van der Waals surface area (Å²) in [5.74, 6) is 0.325. The highest BCUT2D eigenvalue weighted by Crippen LogP contribution is 2.11. The Hall–Kier alpha value is -1.36. The molecule has 0 saturated carbocycles. The summed E-state index contributed by atoms with van der Waals surface area (Å²) < 4.78 is 4.90. The molecule has 1 rings (SSSR count). The molecule has 5 nitrogen and oxygen atoms in total. The van der Waals surface area contributed by atoms with Crippen molar-refractivity contribution < 1.29 is 14.4 Å². The maximum atomic E-state index is 11.7. The zero-order valence-corrected chi connectivity index (χ0v) is 9.91. The van der Waals surface area contributed by atoms with Crippen molar-refractivity contribution in [1.29, 1.82) is 0 Å². The van der Waals surface area contributed by atoms with Crippen LogP contribution in [0.4, 0.5) is 0 Å². The monoisotopic (exact) mass is 226 g/mol. The first kappa shape index (κ1) is 12.7. The lowest BCUT2D eigenvalue weighted by Crippen LogP contribution is -2.27. The van der Waals surface area contributed by atoms with Crippen molar-refractivity contribution in [3.8, 4) is 0 Å². The summed E-state index contributed by atoms with van der Waals surface area (Å²) in [6.45, 7) is 5.79. The molecule has 0 aliphatic carbocycles. The fraction of sp³-hybridized carbons (Fsp3) is 0.636. The van der Waals surface area contributed by atoms with Crippen LogP contribution < -0.4 is 5.32 Å². The van der Waals surface area contributed by atoms with Gasteiger partial charge in [-0.1, -0.05) is 12.1 Å². The first-order valence-corrected chi connectivity index (χ1v) is 5.45. The number of aromatic nitrogens is 1. The van der Waals surface area contributed by atoms with E-state index in [-0.39, 0.29) is 12.0 Å². The van der Waals surface area contributed by atoms with Gasteiger partial charge in [0.05, 0.1) is 11.8 Å². The van der Waals surface area contributed by atoms with Crippen LogP contribution in [-0.2, 0) is 0 Å². The SMILES string of the molecule is CCC(O)CCNC(=O)c1c(C)noc1C. The lowest BCUT2D eigenvalue weighted by atomic mass is 10.1. The molecule has 90 valence electrons. The molecule has 0 aliphatic heterocycles. The smallest absolute Gasteiger partial charge is 0.256 e. The molecule has 1 amide bonds. The minimum Gasteiger partial charge on any atom is -0.393 e. The summed E-state index contributed by atoms with van der Waals surface area (Å²) in [5.41, 5.74) is 1.08. The Balaban J connectivity index is 2.47. The molecule has 0 aliphatic rings. The maximum Gasteiger partial charge on any atom is 0.256 e. The van der Waals surface area contributed by atoms with Crippen LogP contribution in [-0.4, -0.2) is 28.8 Å². The summed E-state index contributed by atoms with van der Waals surface area (Å²) in [5, 5.41) is 15.8. The number of aliphatic hydroxyl groups is 1. The lowest BCUT2D eigenvalue weighted by molar-refractivity contribution is 0.0940. The van der Waals surface area contributed by atoms with Crippen molar-refractivity contribution in [2.24, 2.45) is 0 Å². The van der Waals surface area contributed by atoms with Crippen molar-refractivity contribution in [3.05, 3.63) is 17.0 Å². The fourth-order valence-corrected chi connectivity index (χ4v) is 1.45. The van der Waals surface area contributed by atoms with Gasteiger partial charge >= 0.3 is 0 Å². The molecular weight excluding hydrogens is 208 g/mol. The van der Waals surface area contributed by atoms with Gasteiger partial charge in [-0.15, -0.1) is 0 Å². The minimum atomic E-state index is -0.357. The van der Waals surface area contributed by atoms with E-state index in [9.17, 15) is 9.90 Å². The third kappa shape index (κ3) is 3.06. The molecule has 1 heterocycles. The number of aliphatic hydroxyl groups excluding tert-OH is 1. The fourth-order valence-electron chi connectivity index (χ4n) is 1.45. The van der Waals surface area contributed by atoms with Crippen LogP contribution in [0.25, 0.3) is 0 Å². The first-order valence-electron chi connectivity index (χ1n) is 5.45. The average molecular weight is 226 g/mol. The number of aryl methyl sites for hydroxylation is 2. The Morgan fingerprint density at radius 3 is 2.75 bits per heavy atom. The predicted molar refractivity (Wildman–Crippen MR) is 59.2 cm³/mol. The van der Waals surface area contributed by atoms with Gasteiger partial charge in [-0.05, 0) is 26.7 Å². The third-order valence-corrected chi connectivity index (χ3v) is 2.49. The van der Waals surface area contributed by atoms with Crippen LogP contribution in [0.15, 0.2) is 4.52 Å². The van der Waals surface area contributed by atoms with Gasteiger partial charge in [0.25, 0.3) is 5.91 Å². The molecule has 0 bridgehead atoms. The second-order valence-corrected chi connectivity index (χ2v) is 3.81. The molecule has 1 aromatic rings. The Morgan fingerprint density at radius 2 is 2.25 bits per heavy atom. The predicted octanol–water partition coefficient (Wildman–Crippen LogP) is 1.18. The van der Waals surface area contributed by atoms with Crippen molar-refractivity contribution in [2.75, 3.05) is 6.54 Å². The Labute approximate surface area is 94.8 Å². The highest BCUT2D eigenvalue weighted by Gasteiger charge is 2.16. The average Bonchev–Trinajstić information content (AvgIpc) is 2.58. The summed E-state index contributed by atoms with van der Waals surface area (Å²) in [6.07, 6.45) is 0.900. The number of hydrogen-bond acceptors (Lipinski definition) is 4. The second kappa shape index (κ2) is 5.65. The van der Waals surface area contributed by atoms with Crippen LogP contribution in [0.5, 0.6) is 0 Å². The zero-order valence-electron chi connectivity index (χ0n) is 9.91. The highest BCUT2D eigenvalue weighted by molar-refractivity contribution is 5.96. The largest absolute Gasteiger partial charge is 0.393 e. The maximum absolute atomic E-state index is 11.7. The van der Waals surface area contributed by atoms with Crippen molar-refractivity contribution in [3.63, 3.8) is 0 Å². The molecule has 0 radical (unpaired) electrons. The van der Waals surface area contributed by atoms with Gasteiger partial charge in [-0.25, -0.2) is 0 Å². The van der Waals surface area contributed by atoms with E-state index in [4.69, 9.17) is 4.52 Å². The van der Waals surface area contributed by atoms with Gasteiger partial charge < -0.3 is 14.9 Å². The molecule has 1 unspecified atom stereocenters. The molecule has 1 aromatic heterocycles. The Kier molecular flexibility index (Phi) is 4.49. The van der Waals surface area contributed by atoms with Gasteiger partial charge in [0, 0.05) is 6.54 Å². The van der Waals surface area contributed by atoms with E-state index >= 15 is 0 Å². The van der Waals surface area contributed by atoms with E-state index in [1.165, 1.54) is 0 Å². The number of carbonyl (C=O) groups excluding carboxylic acids is 1. The van der Waals surface area contributed by atoms with Crippen LogP contribution in [0.2, 0.25) is 0 Å². The molecular formula is C11H18N2O3. The molecule has 5 heteroatoms. The van der Waals surface area contributed by atoms with Crippen molar-refractivity contribution in [1.82, 2.24) is 10.5 Å². The van der Waals surface area contributed by atoms with Crippen LogP contribution in [0, 0.1) is 13.8 Å². The lowest BCUT2D eigenvalue weighted by Gasteiger charge is -2.08. The van der Waals surface area contributed by atoms with Gasteiger partial charge in [-0.2, -0.15) is 0 Å². The van der Waals surface area contributed by atoms with Gasteiger partial charge in [-0.3, -0.25) is 4.79 Å². The standard InChI is InChI=1S/C11H18N2O3/c1-4-9(14)5-6-12-11(15)10-7(2)13-16-8(10)3/h9,14H,4-6H2,1-3H3,(H,12,15). The van der Waals surface area contributed by atoms with Gasteiger partial charge in [0.2, 0.25) is 0 Å². The molecule has 0 aromatic carbocycles. The quantitative estimate of drug-likeness (QED) is 0.790. The summed E-state index contributed by atoms with van der Waals surface area (Å²) in [7, 11) is 0. The summed E-state index contributed by atoms with van der Waals surface area (Å²) in [6, 6.07) is 0. The van der Waals surface area contributed by atoms with E-state index < -0.39 is 0 Å². The molecule has 0 saturated heterocycles. The molecule has 2 N–H and O–H groups in total. The Morgan fingerprint density at radius 1 is 1.56 bits per heavy atom. The van der Waals surface area contributed by atoms with Crippen molar-refractivity contribution >= 4 is 5.91 Å². The van der Waals surface area contributed by atoms with Crippen LogP contribution >= 0.6 is 0 Å². The van der Waals surface area contributed by atoms with Gasteiger partial charge in [0.15, 0.2) is 0 Å². The number of hydrogen-bond donors (Lipinski definition) is 2. The highest BCUT2D eigenvalue weighted by atomic mass is 16.5. The van der Waals surface area contributed by atoms with E-state index in [0.29, 0.717) is 36.4 Å². The van der Waals surface area contributed by atoms with Crippen LogP contribution in [0.3, 0.4) is 0 Å². The molecule has 0 fully saturated rings. The number of nitrogens with zero attached hydrogens (tertiary/aromatic N) is 1. The van der Waals surface area contributed by atoms with E-state index in [1.54, 1.807) is 13.8 Å².